The van der Waals surface area contributed by atoms with Crippen molar-refractivity contribution in [3.63, 3.8) is 0 Å². The molecule has 2 aromatic rings. The van der Waals surface area contributed by atoms with Crippen LogP contribution in [0.2, 0.25) is 0 Å². The fourth-order valence-electron chi connectivity index (χ4n) is 1.33. The molecule has 2 heterocycles. The van der Waals surface area contributed by atoms with Crippen LogP contribution < -0.4 is 5.73 Å². The van der Waals surface area contributed by atoms with Crippen molar-refractivity contribution in [1.29, 1.82) is 0 Å². The number of fused-ring (bicyclic) bond motifs is 1. The van der Waals surface area contributed by atoms with Crippen LogP contribution in [0, 0.1) is 0 Å². The molecular weight excluding hydrogens is 243 g/mol. The van der Waals surface area contributed by atoms with Crippen LogP contribution in [0.3, 0.4) is 0 Å². The van der Waals surface area contributed by atoms with Crippen molar-refractivity contribution < 1.29 is 13.2 Å². The summed E-state index contributed by atoms with van der Waals surface area (Å²) in [6.45, 7) is 0.259. The zero-order chi connectivity index (χ0) is 11.1. The summed E-state index contributed by atoms with van der Waals surface area (Å²) >= 11 is 0. The van der Waals surface area contributed by atoms with E-state index in [1.165, 1.54) is 6.20 Å². The largest absolute Gasteiger partial charge is 0.431 e. The Bertz CT molecular complexity index is 492. The Labute approximate surface area is 95.3 Å². The number of nitrogens with one attached hydrogen (secondary N) is 1. The van der Waals surface area contributed by atoms with E-state index in [2.05, 4.69) is 9.97 Å². The summed E-state index contributed by atoms with van der Waals surface area (Å²) in [5.41, 5.74) is 5.49. The number of halogens is 4. The van der Waals surface area contributed by atoms with E-state index in [4.69, 9.17) is 5.73 Å². The van der Waals surface area contributed by atoms with E-state index in [1.807, 2.05) is 0 Å². The molecule has 2 rings (SSSR count). The third-order valence-electron chi connectivity index (χ3n) is 2.07. The van der Waals surface area contributed by atoms with Gasteiger partial charge in [0.05, 0.1) is 0 Å². The third kappa shape index (κ3) is 2.28. The number of hydrogen-bond acceptors (Lipinski definition) is 2. The molecule has 0 saturated heterocycles. The Morgan fingerprint density at radius 1 is 1.31 bits per heavy atom. The monoisotopic (exact) mass is 251 g/mol. The first-order chi connectivity index (χ1) is 7.00. The van der Waals surface area contributed by atoms with Gasteiger partial charge in [-0.2, -0.15) is 13.2 Å². The molecule has 16 heavy (non-hydrogen) atoms. The Hall–Kier alpha value is -1.27. The van der Waals surface area contributed by atoms with E-state index in [9.17, 15) is 13.2 Å². The van der Waals surface area contributed by atoms with Gasteiger partial charge in [0.1, 0.15) is 11.3 Å². The summed E-state index contributed by atoms with van der Waals surface area (Å²) < 4.78 is 37.0. The smallest absolute Gasteiger partial charge is 0.336 e. The molecule has 0 radical (unpaired) electrons. The highest BCUT2D eigenvalue weighted by atomic mass is 35.5. The maximum Gasteiger partial charge on any atom is 0.431 e. The molecule has 88 valence electrons. The van der Waals surface area contributed by atoms with Gasteiger partial charge in [-0.05, 0) is 17.7 Å². The molecule has 0 aliphatic heterocycles. The number of alkyl halides is 3. The highest BCUT2D eigenvalue weighted by Gasteiger charge is 2.32. The van der Waals surface area contributed by atoms with Crippen molar-refractivity contribution in [3.05, 3.63) is 29.6 Å². The molecule has 0 aromatic carbocycles. The fraction of sp³-hybridized carbons (Fsp3) is 0.222. The van der Waals surface area contributed by atoms with Crippen LogP contribution >= 0.6 is 12.4 Å². The number of nitrogens with zero attached hydrogens (tertiary/aromatic N) is 1. The topological polar surface area (TPSA) is 54.7 Å². The van der Waals surface area contributed by atoms with E-state index in [0.717, 1.165) is 6.07 Å². The van der Waals surface area contributed by atoms with Crippen LogP contribution in [0.4, 0.5) is 13.2 Å². The molecule has 0 unspecified atom stereocenters. The van der Waals surface area contributed by atoms with Crippen molar-refractivity contribution in [1.82, 2.24) is 9.97 Å². The minimum absolute atomic E-state index is 0. The molecule has 0 bridgehead atoms. The van der Waals surface area contributed by atoms with Crippen LogP contribution in [0.1, 0.15) is 11.3 Å². The van der Waals surface area contributed by atoms with Crippen LogP contribution in [-0.4, -0.2) is 9.97 Å². The maximum absolute atomic E-state index is 12.3. The van der Waals surface area contributed by atoms with Crippen molar-refractivity contribution >= 4 is 23.4 Å². The molecule has 0 aliphatic carbocycles. The minimum atomic E-state index is -4.37. The number of rotatable bonds is 1. The van der Waals surface area contributed by atoms with Gasteiger partial charge >= 0.3 is 6.18 Å². The second-order valence-corrected chi connectivity index (χ2v) is 3.17. The Balaban J connectivity index is 0.00000128. The predicted molar refractivity (Wildman–Crippen MR) is 56.2 cm³/mol. The van der Waals surface area contributed by atoms with Crippen molar-refractivity contribution in [2.75, 3.05) is 0 Å². The Kier molecular flexibility index (Phi) is 3.44. The lowest BCUT2D eigenvalue weighted by Gasteiger charge is -2.00. The molecule has 0 fully saturated rings. The summed E-state index contributed by atoms with van der Waals surface area (Å²) in [7, 11) is 0. The minimum Gasteiger partial charge on any atom is -0.336 e. The third-order valence-corrected chi connectivity index (χ3v) is 2.07. The van der Waals surface area contributed by atoms with E-state index < -0.39 is 11.9 Å². The van der Waals surface area contributed by atoms with Crippen LogP contribution in [0.5, 0.6) is 0 Å². The van der Waals surface area contributed by atoms with Crippen molar-refractivity contribution in [2.45, 2.75) is 12.7 Å². The molecule has 0 aliphatic rings. The van der Waals surface area contributed by atoms with E-state index in [-0.39, 0.29) is 24.6 Å². The van der Waals surface area contributed by atoms with Gasteiger partial charge in [0, 0.05) is 18.1 Å². The van der Waals surface area contributed by atoms with Crippen LogP contribution in [0.15, 0.2) is 18.3 Å². The van der Waals surface area contributed by atoms with Gasteiger partial charge in [0.15, 0.2) is 0 Å². The molecule has 0 atom stereocenters. The summed E-state index contributed by atoms with van der Waals surface area (Å²) in [6.07, 6.45) is -2.91. The summed E-state index contributed by atoms with van der Waals surface area (Å²) in [6, 6.07) is 2.62. The lowest BCUT2D eigenvalue weighted by molar-refractivity contribution is -0.140. The number of hydrogen-bond donors (Lipinski definition) is 2. The van der Waals surface area contributed by atoms with E-state index in [0.29, 0.717) is 10.9 Å². The van der Waals surface area contributed by atoms with Crippen molar-refractivity contribution in [3.8, 4) is 0 Å². The molecule has 2 aromatic heterocycles. The van der Waals surface area contributed by atoms with Crippen LogP contribution in [0.25, 0.3) is 11.0 Å². The fourth-order valence-corrected chi connectivity index (χ4v) is 1.33. The van der Waals surface area contributed by atoms with Gasteiger partial charge in [0.25, 0.3) is 0 Å². The number of aromatic nitrogens is 2. The number of H-pyrrole nitrogens is 1. The molecule has 3 nitrogen and oxygen atoms in total. The predicted octanol–water partition coefficient (Wildman–Crippen LogP) is 2.46. The first-order valence-electron chi connectivity index (χ1n) is 4.25. The molecule has 0 spiro atoms. The normalized spacial score (nSPS) is 11.5. The van der Waals surface area contributed by atoms with Gasteiger partial charge < -0.3 is 10.7 Å². The zero-order valence-electron chi connectivity index (χ0n) is 8.01. The highest BCUT2D eigenvalue weighted by molar-refractivity contribution is 5.85. The summed E-state index contributed by atoms with van der Waals surface area (Å²) in [5, 5.41) is 0.422. The molecule has 3 N–H and O–H groups in total. The SMILES string of the molecule is Cl.NCc1cnc2[nH]c(C(F)(F)F)cc2c1. The first kappa shape index (κ1) is 12.8. The van der Waals surface area contributed by atoms with Gasteiger partial charge in [-0.25, -0.2) is 4.98 Å². The lowest BCUT2D eigenvalue weighted by atomic mass is 10.2. The van der Waals surface area contributed by atoms with Gasteiger partial charge in [0.2, 0.25) is 0 Å². The second-order valence-electron chi connectivity index (χ2n) is 3.17. The standard InChI is InChI=1S/C9H8F3N3.ClH/c10-9(11,12)7-2-6-1-5(3-13)4-14-8(6)15-7;/h1-2,4H,3,13H2,(H,14,15);1H. The average molecular weight is 252 g/mol. The summed E-state index contributed by atoms with van der Waals surface area (Å²) in [4.78, 5) is 6.06. The summed E-state index contributed by atoms with van der Waals surface area (Å²) in [5.74, 6) is 0. The van der Waals surface area contributed by atoms with E-state index >= 15 is 0 Å². The number of aromatic amines is 1. The van der Waals surface area contributed by atoms with Crippen molar-refractivity contribution in [2.24, 2.45) is 5.73 Å². The zero-order valence-corrected chi connectivity index (χ0v) is 8.82. The van der Waals surface area contributed by atoms with E-state index in [1.54, 1.807) is 6.07 Å². The molecule has 0 saturated carbocycles. The van der Waals surface area contributed by atoms with Gasteiger partial charge in [-0.3, -0.25) is 0 Å². The second kappa shape index (κ2) is 4.31. The van der Waals surface area contributed by atoms with Gasteiger partial charge in [-0.15, -0.1) is 12.4 Å². The molecule has 0 amide bonds. The maximum atomic E-state index is 12.3. The Morgan fingerprint density at radius 3 is 2.56 bits per heavy atom. The van der Waals surface area contributed by atoms with Gasteiger partial charge in [-0.1, -0.05) is 0 Å². The first-order valence-corrected chi connectivity index (χ1v) is 4.25. The molecule has 7 heteroatoms. The Morgan fingerprint density at radius 2 is 2.00 bits per heavy atom. The number of nitrogens with two attached hydrogens (primary N) is 1. The average Bonchev–Trinajstić information content (AvgIpc) is 2.59. The quantitative estimate of drug-likeness (QED) is 0.818. The number of pyridine rings is 1. The van der Waals surface area contributed by atoms with Crippen LogP contribution in [-0.2, 0) is 12.7 Å². The molecular formula is C9H9ClF3N3. The highest BCUT2D eigenvalue weighted by Crippen LogP contribution is 2.30. The lowest BCUT2D eigenvalue weighted by Crippen LogP contribution is -2.04.